The molecule has 1 aromatic carbocycles. The number of benzene rings is 1. The zero-order valence-corrected chi connectivity index (χ0v) is 16.5. The zero-order valence-electron chi connectivity index (χ0n) is 16.5. The minimum absolute atomic E-state index is 0.144. The number of hydrogen-bond donors (Lipinski definition) is 4. The predicted octanol–water partition coefficient (Wildman–Crippen LogP) is 1.08. The first-order valence-corrected chi connectivity index (χ1v) is 9.42. The Hall–Kier alpha value is -2.61. The van der Waals surface area contributed by atoms with Gasteiger partial charge in [0, 0.05) is 19.0 Å². The van der Waals surface area contributed by atoms with Crippen LogP contribution in [-0.4, -0.2) is 47.3 Å². The molecular formula is C20H29N3O5. The molecule has 0 aliphatic carbocycles. The van der Waals surface area contributed by atoms with E-state index < -0.39 is 29.7 Å². The van der Waals surface area contributed by atoms with Crippen molar-refractivity contribution in [2.75, 3.05) is 6.54 Å². The fourth-order valence-electron chi connectivity index (χ4n) is 2.97. The summed E-state index contributed by atoms with van der Waals surface area (Å²) in [6.45, 7) is 5.94. The molecule has 0 aromatic heterocycles. The minimum atomic E-state index is -1.51. The van der Waals surface area contributed by atoms with E-state index in [1.165, 1.54) is 0 Å². The van der Waals surface area contributed by atoms with Crippen LogP contribution in [0.15, 0.2) is 30.3 Å². The van der Waals surface area contributed by atoms with Gasteiger partial charge in [0.05, 0.1) is 6.04 Å². The molecule has 8 nitrogen and oxygen atoms in total. The van der Waals surface area contributed by atoms with E-state index in [4.69, 9.17) is 4.74 Å². The van der Waals surface area contributed by atoms with Crippen molar-refractivity contribution in [3.05, 3.63) is 35.9 Å². The molecule has 0 spiro atoms. The third-order valence-electron chi connectivity index (χ3n) is 4.36. The first-order chi connectivity index (χ1) is 13.2. The van der Waals surface area contributed by atoms with Gasteiger partial charge in [-0.15, -0.1) is 0 Å². The van der Waals surface area contributed by atoms with Crippen LogP contribution in [-0.2, 0) is 20.9 Å². The van der Waals surface area contributed by atoms with Crippen LogP contribution < -0.4 is 16.0 Å². The van der Waals surface area contributed by atoms with Gasteiger partial charge in [0.25, 0.3) is 5.91 Å². The highest BCUT2D eigenvalue weighted by Gasteiger charge is 2.35. The third kappa shape index (κ3) is 6.84. The maximum absolute atomic E-state index is 12.4. The first-order valence-electron chi connectivity index (χ1n) is 9.42. The van der Waals surface area contributed by atoms with Crippen molar-refractivity contribution in [3.63, 3.8) is 0 Å². The average Bonchev–Trinajstić information content (AvgIpc) is 3.02. The Morgan fingerprint density at radius 2 is 1.96 bits per heavy atom. The Morgan fingerprint density at radius 1 is 1.29 bits per heavy atom. The van der Waals surface area contributed by atoms with Crippen molar-refractivity contribution in [1.29, 1.82) is 0 Å². The Kier molecular flexibility index (Phi) is 7.39. The number of carbonyl (C=O) groups is 3. The highest BCUT2D eigenvalue weighted by molar-refractivity contribution is 5.83. The van der Waals surface area contributed by atoms with E-state index in [2.05, 4.69) is 16.0 Å². The molecule has 0 saturated carbocycles. The summed E-state index contributed by atoms with van der Waals surface area (Å²) in [6.07, 6.45) is -1.52. The van der Waals surface area contributed by atoms with Crippen LogP contribution in [0.25, 0.3) is 0 Å². The average molecular weight is 391 g/mol. The number of ether oxygens (including phenoxy) is 1. The molecule has 4 N–H and O–H groups in total. The normalized spacial score (nSPS) is 18.7. The van der Waals surface area contributed by atoms with Gasteiger partial charge in [-0.3, -0.25) is 9.59 Å². The molecule has 1 aliphatic heterocycles. The van der Waals surface area contributed by atoms with E-state index in [9.17, 15) is 19.5 Å². The lowest BCUT2D eigenvalue weighted by atomic mass is 9.94. The monoisotopic (exact) mass is 391 g/mol. The second-order valence-electron chi connectivity index (χ2n) is 7.91. The fraction of sp³-hybridized carbons (Fsp3) is 0.550. The van der Waals surface area contributed by atoms with Crippen LogP contribution in [0.1, 0.15) is 39.2 Å². The van der Waals surface area contributed by atoms with Gasteiger partial charge in [0.1, 0.15) is 5.60 Å². The maximum atomic E-state index is 12.4. The van der Waals surface area contributed by atoms with Gasteiger partial charge in [-0.25, -0.2) is 4.79 Å². The Morgan fingerprint density at radius 3 is 2.54 bits per heavy atom. The largest absolute Gasteiger partial charge is 0.444 e. The Labute approximate surface area is 165 Å². The van der Waals surface area contributed by atoms with Crippen molar-refractivity contribution >= 4 is 17.9 Å². The molecule has 1 fully saturated rings. The lowest BCUT2D eigenvalue weighted by molar-refractivity contribution is -0.132. The molecule has 3 atom stereocenters. The second kappa shape index (κ2) is 9.54. The highest BCUT2D eigenvalue weighted by Crippen LogP contribution is 2.19. The first kappa shape index (κ1) is 21.7. The standard InChI is InChI=1S/C20H29N3O5/c1-20(2,3)28-19(27)23-15(11-14-9-10-21-17(14)25)16(24)18(26)22-12-13-7-5-4-6-8-13/h4-8,14-16,24H,9-12H2,1-3H3,(H,21,25)(H,22,26)(H,23,27)/t14-,15?,16?/m0/s1. The number of alkyl carbamates (subject to hydrolysis) is 1. The molecule has 28 heavy (non-hydrogen) atoms. The molecule has 2 unspecified atom stereocenters. The van der Waals surface area contributed by atoms with Gasteiger partial charge in [-0.1, -0.05) is 30.3 Å². The number of nitrogens with one attached hydrogen (secondary N) is 3. The predicted molar refractivity (Wildman–Crippen MR) is 103 cm³/mol. The molecule has 0 radical (unpaired) electrons. The smallest absolute Gasteiger partial charge is 0.407 e. The fourth-order valence-corrected chi connectivity index (χ4v) is 2.97. The van der Waals surface area contributed by atoms with Crippen molar-refractivity contribution in [2.24, 2.45) is 5.92 Å². The van der Waals surface area contributed by atoms with Gasteiger partial charge in [-0.05, 0) is 39.2 Å². The van der Waals surface area contributed by atoms with Crippen LogP contribution in [0, 0.1) is 5.92 Å². The van der Waals surface area contributed by atoms with Crippen molar-refractivity contribution in [1.82, 2.24) is 16.0 Å². The summed E-state index contributed by atoms with van der Waals surface area (Å²) in [5.74, 6) is -1.15. The molecule has 8 heteroatoms. The molecule has 1 saturated heterocycles. The number of amides is 3. The minimum Gasteiger partial charge on any atom is -0.444 e. The van der Waals surface area contributed by atoms with Gasteiger partial charge in [-0.2, -0.15) is 0 Å². The zero-order chi connectivity index (χ0) is 20.7. The topological polar surface area (TPSA) is 117 Å². The summed E-state index contributed by atoms with van der Waals surface area (Å²) < 4.78 is 5.23. The molecular weight excluding hydrogens is 362 g/mol. The molecule has 1 aliphatic rings. The number of hydrogen-bond acceptors (Lipinski definition) is 5. The summed E-state index contributed by atoms with van der Waals surface area (Å²) in [5, 5.41) is 18.5. The molecule has 3 amide bonds. The van der Waals surface area contributed by atoms with Gasteiger partial charge in [0.2, 0.25) is 5.91 Å². The number of aliphatic hydroxyl groups excluding tert-OH is 1. The lowest BCUT2D eigenvalue weighted by Crippen LogP contribution is -2.52. The highest BCUT2D eigenvalue weighted by atomic mass is 16.6. The van der Waals surface area contributed by atoms with E-state index in [0.29, 0.717) is 13.0 Å². The summed E-state index contributed by atoms with van der Waals surface area (Å²) in [6, 6.07) is 8.33. The summed E-state index contributed by atoms with van der Waals surface area (Å²) in [4.78, 5) is 36.5. The number of aliphatic hydroxyl groups is 1. The molecule has 154 valence electrons. The summed E-state index contributed by atoms with van der Waals surface area (Å²) in [7, 11) is 0. The van der Waals surface area contributed by atoms with E-state index in [0.717, 1.165) is 5.56 Å². The van der Waals surface area contributed by atoms with Crippen LogP contribution in [0.4, 0.5) is 4.79 Å². The summed E-state index contributed by atoms with van der Waals surface area (Å²) in [5.41, 5.74) is 0.162. The quantitative estimate of drug-likeness (QED) is 0.555. The van der Waals surface area contributed by atoms with Gasteiger partial charge in [0.15, 0.2) is 6.10 Å². The molecule has 1 aromatic rings. The molecule has 2 rings (SSSR count). The third-order valence-corrected chi connectivity index (χ3v) is 4.36. The van der Waals surface area contributed by atoms with E-state index in [1.54, 1.807) is 20.8 Å². The summed E-state index contributed by atoms with van der Waals surface area (Å²) >= 11 is 0. The maximum Gasteiger partial charge on any atom is 0.407 e. The van der Waals surface area contributed by atoms with Crippen LogP contribution >= 0.6 is 0 Å². The molecule has 1 heterocycles. The number of carbonyl (C=O) groups excluding carboxylic acids is 3. The van der Waals surface area contributed by atoms with Crippen LogP contribution in [0.5, 0.6) is 0 Å². The van der Waals surface area contributed by atoms with Crippen LogP contribution in [0.3, 0.4) is 0 Å². The number of rotatable bonds is 7. The SMILES string of the molecule is CC(C)(C)OC(=O)NC(C[C@@H]1CCNC1=O)C(O)C(=O)NCc1ccccc1. The van der Waals surface area contributed by atoms with Crippen LogP contribution in [0.2, 0.25) is 0 Å². The van der Waals surface area contributed by atoms with Gasteiger partial charge < -0.3 is 25.8 Å². The lowest BCUT2D eigenvalue weighted by Gasteiger charge is -2.27. The Bertz CT molecular complexity index is 687. The van der Waals surface area contributed by atoms with Crippen molar-refractivity contribution < 1.29 is 24.2 Å². The molecule has 0 bridgehead atoms. The van der Waals surface area contributed by atoms with Crippen molar-refractivity contribution in [2.45, 2.75) is 57.9 Å². The van der Waals surface area contributed by atoms with Crippen molar-refractivity contribution in [3.8, 4) is 0 Å². The van der Waals surface area contributed by atoms with E-state index >= 15 is 0 Å². The van der Waals surface area contributed by atoms with E-state index in [-0.39, 0.29) is 24.8 Å². The Balaban J connectivity index is 2.01. The van der Waals surface area contributed by atoms with E-state index in [1.807, 2.05) is 30.3 Å². The second-order valence-corrected chi connectivity index (χ2v) is 7.91. The van der Waals surface area contributed by atoms with Gasteiger partial charge >= 0.3 is 6.09 Å².